The van der Waals surface area contributed by atoms with E-state index < -0.39 is 0 Å². The number of hydrogen-bond donors (Lipinski definition) is 1. The number of ether oxygens (including phenoxy) is 1. The van der Waals surface area contributed by atoms with Gasteiger partial charge in [0.05, 0.1) is 18.2 Å². The molecular formula is C21H15ClN4OS. The Balaban J connectivity index is 1.69. The average Bonchev–Trinajstić information content (AvgIpc) is 2.68. The fourth-order valence-electron chi connectivity index (χ4n) is 3.47. The maximum absolute atomic E-state index is 6.66. The van der Waals surface area contributed by atoms with Crippen molar-refractivity contribution in [2.24, 2.45) is 0 Å². The average molecular weight is 407 g/mol. The van der Waals surface area contributed by atoms with Gasteiger partial charge in [0.1, 0.15) is 0 Å². The first-order chi connectivity index (χ1) is 13.7. The lowest BCUT2D eigenvalue weighted by atomic mass is 9.94. The monoisotopic (exact) mass is 406 g/mol. The second-order valence-electron chi connectivity index (χ2n) is 6.44. The normalized spacial score (nSPS) is 13.0. The number of nitrogens with zero attached hydrogens (tertiary/aromatic N) is 3. The Hall–Kier alpha value is -2.67. The molecule has 0 amide bonds. The Morgan fingerprint density at radius 2 is 1.75 bits per heavy atom. The molecule has 0 saturated carbocycles. The van der Waals surface area contributed by atoms with Crippen LogP contribution in [-0.2, 0) is 18.0 Å². The molecule has 5 nitrogen and oxygen atoms in total. The molecule has 1 aliphatic heterocycles. The lowest BCUT2D eigenvalue weighted by molar-refractivity contribution is 0.103. The molecule has 1 aliphatic rings. The molecule has 2 N–H and O–H groups in total. The summed E-state index contributed by atoms with van der Waals surface area (Å²) in [5, 5.41) is 3.27. The van der Waals surface area contributed by atoms with Crippen LogP contribution in [0.4, 0.5) is 5.95 Å². The fourth-order valence-corrected chi connectivity index (χ4v) is 4.56. The van der Waals surface area contributed by atoms with Gasteiger partial charge in [-0.3, -0.25) is 0 Å². The molecule has 7 heteroatoms. The van der Waals surface area contributed by atoms with Crippen molar-refractivity contribution >= 4 is 40.1 Å². The first-order valence-corrected chi connectivity index (χ1v) is 9.94. The Bertz CT molecular complexity index is 1200. The van der Waals surface area contributed by atoms with E-state index in [9.17, 15) is 0 Å². The molecule has 0 bridgehead atoms. The largest absolute Gasteiger partial charge is 0.372 e. The smallest absolute Gasteiger partial charge is 0.224 e. The van der Waals surface area contributed by atoms with Crippen LogP contribution in [0.3, 0.4) is 0 Å². The van der Waals surface area contributed by atoms with Gasteiger partial charge in [0, 0.05) is 10.5 Å². The summed E-state index contributed by atoms with van der Waals surface area (Å²) in [6.07, 6.45) is 0. The number of aromatic nitrogens is 3. The highest BCUT2D eigenvalue weighted by Gasteiger charge is 2.21. The van der Waals surface area contributed by atoms with Crippen LogP contribution in [0, 0.1) is 0 Å². The first-order valence-electron chi connectivity index (χ1n) is 8.74. The molecule has 0 fully saturated rings. The van der Waals surface area contributed by atoms with Crippen molar-refractivity contribution in [3.05, 3.63) is 70.7 Å². The molecule has 0 radical (unpaired) electrons. The van der Waals surface area contributed by atoms with Crippen molar-refractivity contribution in [3.8, 4) is 11.4 Å². The Kier molecular flexibility index (Phi) is 4.39. The van der Waals surface area contributed by atoms with Gasteiger partial charge in [0.25, 0.3) is 0 Å². The van der Waals surface area contributed by atoms with Crippen LogP contribution >= 0.6 is 23.4 Å². The highest BCUT2D eigenvalue weighted by molar-refractivity contribution is 7.99. The zero-order chi connectivity index (χ0) is 19.1. The predicted molar refractivity (Wildman–Crippen MR) is 111 cm³/mol. The van der Waals surface area contributed by atoms with E-state index in [4.69, 9.17) is 22.1 Å². The Morgan fingerprint density at radius 1 is 0.929 bits per heavy atom. The summed E-state index contributed by atoms with van der Waals surface area (Å²) in [6.45, 7) is 1.13. The molecule has 4 aromatic rings. The summed E-state index contributed by atoms with van der Waals surface area (Å²) in [5.41, 5.74) is 8.99. The minimum atomic E-state index is 0.170. The van der Waals surface area contributed by atoms with Crippen LogP contribution in [0.1, 0.15) is 11.1 Å². The molecule has 3 aromatic carbocycles. The van der Waals surface area contributed by atoms with Crippen molar-refractivity contribution in [3.63, 3.8) is 0 Å². The van der Waals surface area contributed by atoms with Crippen molar-refractivity contribution in [2.45, 2.75) is 23.3 Å². The fraction of sp³-hybridized carbons (Fsp3) is 0.0952. The van der Waals surface area contributed by atoms with Gasteiger partial charge in [0.2, 0.25) is 5.95 Å². The SMILES string of the molecule is Nc1nc(Sc2ccccc2)nc(-c2c(Cl)cc3c4c(cccc24)COC3)n1. The van der Waals surface area contributed by atoms with Gasteiger partial charge in [-0.15, -0.1) is 0 Å². The summed E-state index contributed by atoms with van der Waals surface area (Å²) in [7, 11) is 0. The second-order valence-corrected chi connectivity index (χ2v) is 7.89. The van der Waals surface area contributed by atoms with Crippen molar-refractivity contribution in [1.82, 2.24) is 15.0 Å². The lowest BCUT2D eigenvalue weighted by Gasteiger charge is -2.20. The van der Waals surface area contributed by atoms with Crippen LogP contribution in [0.15, 0.2) is 64.6 Å². The highest BCUT2D eigenvalue weighted by Crippen LogP contribution is 2.40. The van der Waals surface area contributed by atoms with E-state index in [2.05, 4.69) is 21.0 Å². The van der Waals surface area contributed by atoms with E-state index in [1.807, 2.05) is 48.5 Å². The minimum absolute atomic E-state index is 0.170. The minimum Gasteiger partial charge on any atom is -0.372 e. The molecule has 0 atom stereocenters. The second kappa shape index (κ2) is 7.05. The zero-order valence-corrected chi connectivity index (χ0v) is 16.3. The zero-order valence-electron chi connectivity index (χ0n) is 14.7. The topological polar surface area (TPSA) is 73.9 Å². The first kappa shape index (κ1) is 17.4. The molecule has 2 heterocycles. The van der Waals surface area contributed by atoms with E-state index in [1.165, 1.54) is 11.8 Å². The predicted octanol–water partition coefficient (Wildman–Crippen LogP) is 5.11. The molecule has 28 heavy (non-hydrogen) atoms. The van der Waals surface area contributed by atoms with Gasteiger partial charge in [-0.1, -0.05) is 48.0 Å². The summed E-state index contributed by atoms with van der Waals surface area (Å²) in [4.78, 5) is 14.4. The van der Waals surface area contributed by atoms with Crippen LogP contribution in [-0.4, -0.2) is 15.0 Å². The number of hydrogen-bond acceptors (Lipinski definition) is 6. The van der Waals surface area contributed by atoms with Gasteiger partial charge >= 0.3 is 0 Å². The number of nitrogen functional groups attached to an aromatic ring is 1. The molecule has 138 valence electrons. The lowest BCUT2D eigenvalue weighted by Crippen LogP contribution is -2.06. The standard InChI is InChI=1S/C21H15ClN4OS/c22-16-9-13-11-27-10-12-5-4-8-15(17(12)13)18(16)19-24-20(23)26-21(25-19)28-14-6-2-1-3-7-14/h1-9H,10-11H2,(H2,23,24,25,26). The summed E-state index contributed by atoms with van der Waals surface area (Å²) >= 11 is 8.10. The maximum atomic E-state index is 6.66. The molecule has 1 aromatic heterocycles. The summed E-state index contributed by atoms with van der Waals surface area (Å²) in [6, 6.07) is 18.0. The molecule has 0 saturated heterocycles. The van der Waals surface area contributed by atoms with Gasteiger partial charge in [-0.25, -0.2) is 4.98 Å². The van der Waals surface area contributed by atoms with Gasteiger partial charge in [-0.05, 0) is 51.9 Å². The van der Waals surface area contributed by atoms with Crippen LogP contribution in [0.2, 0.25) is 5.02 Å². The van der Waals surface area contributed by atoms with Crippen molar-refractivity contribution in [1.29, 1.82) is 0 Å². The third-order valence-electron chi connectivity index (χ3n) is 4.60. The quantitative estimate of drug-likeness (QED) is 0.509. The third-order valence-corrected chi connectivity index (χ3v) is 5.78. The summed E-state index contributed by atoms with van der Waals surface area (Å²) in [5.74, 6) is 0.648. The van der Waals surface area contributed by atoms with Gasteiger partial charge in [0.15, 0.2) is 11.0 Å². The summed E-state index contributed by atoms with van der Waals surface area (Å²) < 4.78 is 5.67. The number of anilines is 1. The van der Waals surface area contributed by atoms with E-state index in [-0.39, 0.29) is 5.95 Å². The number of nitrogens with two attached hydrogens (primary N) is 1. The Labute approximate surface area is 170 Å². The maximum Gasteiger partial charge on any atom is 0.224 e. The molecule has 0 unspecified atom stereocenters. The van der Waals surface area contributed by atoms with Crippen LogP contribution in [0.25, 0.3) is 22.2 Å². The molecule has 0 aliphatic carbocycles. The molecular weight excluding hydrogens is 392 g/mol. The third kappa shape index (κ3) is 3.09. The molecule has 0 spiro atoms. The van der Waals surface area contributed by atoms with Crippen molar-refractivity contribution < 1.29 is 4.74 Å². The van der Waals surface area contributed by atoms with Gasteiger partial charge < -0.3 is 10.5 Å². The van der Waals surface area contributed by atoms with Gasteiger partial charge in [-0.2, -0.15) is 9.97 Å². The molecule has 5 rings (SSSR count). The van der Waals surface area contributed by atoms with Crippen LogP contribution < -0.4 is 5.73 Å². The van der Waals surface area contributed by atoms with E-state index in [1.54, 1.807) is 0 Å². The van der Waals surface area contributed by atoms with E-state index in [0.29, 0.717) is 29.2 Å². The van der Waals surface area contributed by atoms with E-state index in [0.717, 1.165) is 32.4 Å². The van der Waals surface area contributed by atoms with Crippen molar-refractivity contribution in [2.75, 3.05) is 5.73 Å². The number of rotatable bonds is 3. The van der Waals surface area contributed by atoms with Crippen LogP contribution in [0.5, 0.6) is 0 Å². The van der Waals surface area contributed by atoms with E-state index >= 15 is 0 Å². The highest BCUT2D eigenvalue weighted by atomic mass is 35.5. The Morgan fingerprint density at radius 3 is 2.61 bits per heavy atom. The number of benzene rings is 3. The number of halogens is 1.